The van der Waals surface area contributed by atoms with E-state index in [9.17, 15) is 0 Å². The summed E-state index contributed by atoms with van der Waals surface area (Å²) in [6.45, 7) is 12.5. The van der Waals surface area contributed by atoms with E-state index in [0.29, 0.717) is 0 Å². The van der Waals surface area contributed by atoms with Gasteiger partial charge in [-0.05, 0) is 52.7 Å². The van der Waals surface area contributed by atoms with Crippen LogP contribution in [-0.2, 0) is 0 Å². The van der Waals surface area contributed by atoms with E-state index < -0.39 is 0 Å². The summed E-state index contributed by atoms with van der Waals surface area (Å²) >= 11 is 0. The topological polar surface area (TPSA) is 0 Å². The molecule has 0 amide bonds. The second-order valence-corrected chi connectivity index (χ2v) is 4.52. The number of hydrogen-bond donors (Lipinski definition) is 0. The molecule has 0 saturated carbocycles. The minimum absolute atomic E-state index is 1.29. The third kappa shape index (κ3) is 7.67. The molecular weight excluding hydrogens is 216 g/mol. The van der Waals surface area contributed by atoms with Gasteiger partial charge in [-0.1, -0.05) is 59.7 Å². The third-order valence-corrected chi connectivity index (χ3v) is 2.64. The van der Waals surface area contributed by atoms with Crippen LogP contribution >= 0.6 is 0 Å². The van der Waals surface area contributed by atoms with Gasteiger partial charge >= 0.3 is 0 Å². The second-order valence-electron chi connectivity index (χ2n) is 4.52. The van der Waals surface area contributed by atoms with Crippen molar-refractivity contribution in [3.8, 4) is 0 Å². The van der Waals surface area contributed by atoms with Crippen molar-refractivity contribution >= 4 is 0 Å². The molecule has 1 aromatic rings. The number of allylic oxidation sites excluding steroid dienone is 6. The highest BCUT2D eigenvalue weighted by atomic mass is 13.9. The highest BCUT2D eigenvalue weighted by Gasteiger charge is 1.89. The largest absolute Gasteiger partial charge is 0.0877 e. The Morgan fingerprint density at radius 1 is 0.944 bits per heavy atom. The first-order valence-corrected chi connectivity index (χ1v) is 6.47. The van der Waals surface area contributed by atoms with Crippen LogP contribution in [0.25, 0.3) is 0 Å². The highest BCUT2D eigenvalue weighted by Crippen LogP contribution is 2.07. The summed E-state index contributed by atoms with van der Waals surface area (Å²) in [4.78, 5) is 0. The molecule has 0 N–H and O–H groups in total. The quantitative estimate of drug-likeness (QED) is 0.584. The number of aryl methyl sites for hydroxylation is 3. The molecule has 0 aliphatic heterocycles. The Kier molecular flexibility index (Phi) is 8.65. The van der Waals surface area contributed by atoms with E-state index in [1.807, 2.05) is 32.1 Å². The summed E-state index contributed by atoms with van der Waals surface area (Å²) in [5, 5.41) is 0. The van der Waals surface area contributed by atoms with Gasteiger partial charge in [-0.15, -0.1) is 0 Å². The highest BCUT2D eigenvalue weighted by molar-refractivity contribution is 5.28. The molecule has 0 radical (unpaired) electrons. The van der Waals surface area contributed by atoms with E-state index in [4.69, 9.17) is 0 Å². The summed E-state index contributed by atoms with van der Waals surface area (Å²) in [6, 6.07) is 6.50. The molecule has 1 rings (SSSR count). The van der Waals surface area contributed by atoms with Crippen LogP contribution in [0, 0.1) is 20.8 Å². The molecule has 0 nitrogen and oxygen atoms in total. The van der Waals surface area contributed by atoms with Crippen LogP contribution in [-0.4, -0.2) is 0 Å². The van der Waals surface area contributed by atoms with E-state index in [0.717, 1.165) is 0 Å². The van der Waals surface area contributed by atoms with E-state index in [1.54, 1.807) is 0 Å². The van der Waals surface area contributed by atoms with Crippen LogP contribution in [0.3, 0.4) is 0 Å². The molecule has 0 aromatic heterocycles. The lowest BCUT2D eigenvalue weighted by Gasteiger charge is -1.98. The molecule has 0 bridgehead atoms. The van der Waals surface area contributed by atoms with Crippen molar-refractivity contribution in [2.24, 2.45) is 0 Å². The van der Waals surface area contributed by atoms with E-state index in [-0.39, 0.29) is 0 Å². The van der Waals surface area contributed by atoms with E-state index in [1.165, 1.54) is 22.3 Å². The van der Waals surface area contributed by atoms with Gasteiger partial charge in [0, 0.05) is 0 Å². The number of hydrogen-bond acceptors (Lipinski definition) is 0. The molecule has 18 heavy (non-hydrogen) atoms. The van der Waals surface area contributed by atoms with Gasteiger partial charge in [-0.25, -0.2) is 0 Å². The predicted octanol–water partition coefficient (Wildman–Crippen LogP) is 5.70. The molecule has 0 heteroatoms. The monoisotopic (exact) mass is 242 g/mol. The van der Waals surface area contributed by atoms with Crippen LogP contribution < -0.4 is 0 Å². The molecule has 0 aliphatic rings. The molecule has 1 aromatic carbocycles. The fraction of sp³-hybridized carbons (Fsp3) is 0.333. The van der Waals surface area contributed by atoms with Gasteiger partial charge in [0.2, 0.25) is 0 Å². The van der Waals surface area contributed by atoms with E-state index in [2.05, 4.69) is 58.0 Å². The van der Waals surface area contributed by atoms with Crippen LogP contribution in [0.1, 0.15) is 37.5 Å². The zero-order valence-electron chi connectivity index (χ0n) is 12.6. The van der Waals surface area contributed by atoms with Gasteiger partial charge in [-0.2, -0.15) is 0 Å². The first-order chi connectivity index (χ1) is 8.51. The van der Waals surface area contributed by atoms with Crippen molar-refractivity contribution in [2.75, 3.05) is 0 Å². The Labute approximate surface area is 113 Å². The summed E-state index contributed by atoms with van der Waals surface area (Å²) < 4.78 is 0. The van der Waals surface area contributed by atoms with Crippen molar-refractivity contribution < 1.29 is 0 Å². The first-order valence-electron chi connectivity index (χ1n) is 6.47. The van der Waals surface area contributed by atoms with Crippen molar-refractivity contribution in [3.05, 3.63) is 70.8 Å². The SMILES string of the molecule is C\C=C/C=C(C)\C=C/C.Cc1ccc(C)c(C)c1. The van der Waals surface area contributed by atoms with Gasteiger partial charge in [0.25, 0.3) is 0 Å². The fourth-order valence-corrected chi connectivity index (χ4v) is 1.46. The van der Waals surface area contributed by atoms with Gasteiger partial charge in [0.1, 0.15) is 0 Å². The normalized spacial score (nSPS) is 11.8. The first kappa shape index (κ1) is 16.4. The molecule has 0 unspecified atom stereocenters. The van der Waals surface area contributed by atoms with Crippen LogP contribution in [0.2, 0.25) is 0 Å². The standard InChI is InChI=1S/C9H12.C9H14/c1-7-4-5-8(2)9(3)6-7;1-4-6-8-9(3)7-5-2/h4-6H,1-3H3;4-8H,1-3H3/b;6-4-,7-5-,9-8-. The molecular formula is C18H26. The number of rotatable bonds is 2. The lowest BCUT2D eigenvalue weighted by Crippen LogP contribution is -1.79. The van der Waals surface area contributed by atoms with Crippen molar-refractivity contribution in [2.45, 2.75) is 41.5 Å². The van der Waals surface area contributed by atoms with Crippen LogP contribution in [0.4, 0.5) is 0 Å². The molecule has 98 valence electrons. The molecule has 0 fully saturated rings. The summed E-state index contributed by atoms with van der Waals surface area (Å²) in [6.07, 6.45) is 10.3. The van der Waals surface area contributed by atoms with Crippen molar-refractivity contribution in [1.29, 1.82) is 0 Å². The Balaban J connectivity index is 0.000000321. The Morgan fingerprint density at radius 3 is 2.06 bits per heavy atom. The fourth-order valence-electron chi connectivity index (χ4n) is 1.46. The summed E-state index contributed by atoms with van der Waals surface area (Å²) in [7, 11) is 0. The van der Waals surface area contributed by atoms with E-state index >= 15 is 0 Å². The third-order valence-electron chi connectivity index (χ3n) is 2.64. The molecule has 0 aliphatic carbocycles. The van der Waals surface area contributed by atoms with Crippen LogP contribution in [0.15, 0.2) is 54.2 Å². The summed E-state index contributed by atoms with van der Waals surface area (Å²) in [5.41, 5.74) is 5.39. The minimum atomic E-state index is 1.29. The minimum Gasteiger partial charge on any atom is -0.0877 e. The maximum atomic E-state index is 2.20. The van der Waals surface area contributed by atoms with Gasteiger partial charge in [0.05, 0.1) is 0 Å². The summed E-state index contributed by atoms with van der Waals surface area (Å²) in [5.74, 6) is 0. The van der Waals surface area contributed by atoms with Gasteiger partial charge < -0.3 is 0 Å². The lowest BCUT2D eigenvalue weighted by atomic mass is 10.1. The second kappa shape index (κ2) is 9.47. The maximum Gasteiger partial charge on any atom is -0.0395 e. The average molecular weight is 242 g/mol. The van der Waals surface area contributed by atoms with Gasteiger partial charge in [0.15, 0.2) is 0 Å². The smallest absolute Gasteiger partial charge is 0.0395 e. The van der Waals surface area contributed by atoms with Crippen molar-refractivity contribution in [3.63, 3.8) is 0 Å². The predicted molar refractivity (Wildman–Crippen MR) is 84.0 cm³/mol. The average Bonchev–Trinajstić information content (AvgIpc) is 2.33. The maximum absolute atomic E-state index is 2.20. The molecule has 0 heterocycles. The Morgan fingerprint density at radius 2 is 1.61 bits per heavy atom. The molecule has 0 saturated heterocycles. The molecule has 0 atom stereocenters. The van der Waals surface area contributed by atoms with Crippen molar-refractivity contribution in [1.82, 2.24) is 0 Å². The molecule has 0 spiro atoms. The zero-order chi connectivity index (χ0) is 14.0. The Bertz CT molecular complexity index is 431. The van der Waals surface area contributed by atoms with Crippen LogP contribution in [0.5, 0.6) is 0 Å². The van der Waals surface area contributed by atoms with Gasteiger partial charge in [-0.3, -0.25) is 0 Å². The number of benzene rings is 1. The zero-order valence-corrected chi connectivity index (χ0v) is 12.6. The Hall–Kier alpha value is -1.56. The lowest BCUT2D eigenvalue weighted by molar-refractivity contribution is 1.30.